The Labute approximate surface area is 178 Å². The van der Waals surface area contributed by atoms with Gasteiger partial charge in [-0.1, -0.05) is 54.6 Å². The van der Waals surface area contributed by atoms with E-state index < -0.39 is 13.3 Å². The van der Waals surface area contributed by atoms with E-state index in [1.807, 2.05) is 18.2 Å². The van der Waals surface area contributed by atoms with E-state index in [4.69, 9.17) is 10.5 Å². The van der Waals surface area contributed by atoms with E-state index in [1.54, 1.807) is 6.92 Å². The molecule has 0 spiro atoms. The van der Waals surface area contributed by atoms with Gasteiger partial charge in [-0.3, -0.25) is 4.79 Å². The molecule has 3 nitrogen and oxygen atoms in total. The third-order valence-corrected chi connectivity index (χ3v) is 9.03. The Hall–Kier alpha value is -2.00. The Morgan fingerprint density at radius 1 is 0.821 bits per heavy atom. The van der Waals surface area contributed by atoms with Crippen molar-refractivity contribution in [3.05, 3.63) is 91.0 Å². The molecule has 2 N–H and O–H groups in total. The normalized spacial score (nSPS) is 11.9. The third-order valence-electron chi connectivity index (χ3n) is 4.63. The highest BCUT2D eigenvalue weighted by Gasteiger charge is 2.45. The van der Waals surface area contributed by atoms with Crippen LogP contribution in [0.3, 0.4) is 0 Å². The van der Waals surface area contributed by atoms with Crippen LogP contribution in [0.25, 0.3) is 0 Å². The number of hydrogen-bond acceptors (Lipinski definition) is 3. The Bertz CT molecular complexity index is 761. The van der Waals surface area contributed by atoms with Crippen molar-refractivity contribution < 1.29 is 26.5 Å². The summed E-state index contributed by atoms with van der Waals surface area (Å²) >= 11 is 0. The summed E-state index contributed by atoms with van der Waals surface area (Å²) in [5, 5.41) is 3.83. The molecule has 0 aliphatic heterocycles. The quantitative estimate of drug-likeness (QED) is 0.397. The molecule has 0 saturated heterocycles. The van der Waals surface area contributed by atoms with Crippen LogP contribution >= 0.6 is 7.26 Å². The number of halogens is 1. The molecule has 0 saturated carbocycles. The fraction of sp³-hybridized carbons (Fsp3) is 0.174. The lowest BCUT2D eigenvalue weighted by molar-refractivity contribution is -0.144. The average molecular weight is 458 g/mol. The monoisotopic (exact) mass is 457 g/mol. The van der Waals surface area contributed by atoms with E-state index in [1.165, 1.54) is 15.9 Å². The second kappa shape index (κ2) is 10.5. The number of esters is 1. The molecule has 1 atom stereocenters. The van der Waals surface area contributed by atoms with Gasteiger partial charge in [-0.25, -0.2) is 0 Å². The fourth-order valence-corrected chi connectivity index (χ4v) is 7.37. The lowest BCUT2D eigenvalue weighted by Gasteiger charge is -2.27. The molecular formula is C23H25BrNO2P. The van der Waals surface area contributed by atoms with E-state index in [2.05, 4.69) is 72.8 Å². The van der Waals surface area contributed by atoms with Crippen molar-refractivity contribution in [2.45, 2.75) is 13.0 Å². The topological polar surface area (TPSA) is 52.3 Å². The van der Waals surface area contributed by atoms with Crippen molar-refractivity contribution in [1.29, 1.82) is 0 Å². The average Bonchev–Trinajstić information content (AvgIpc) is 2.73. The summed E-state index contributed by atoms with van der Waals surface area (Å²) in [5.41, 5.74) is 5.65. The zero-order valence-electron chi connectivity index (χ0n) is 15.9. The van der Waals surface area contributed by atoms with Crippen molar-refractivity contribution in [2.75, 3.05) is 12.8 Å². The Morgan fingerprint density at radius 3 is 1.50 bits per heavy atom. The summed E-state index contributed by atoms with van der Waals surface area (Å²) in [7, 11) is -1.96. The maximum Gasteiger partial charge on any atom is 0.322 e. The summed E-state index contributed by atoms with van der Waals surface area (Å²) < 4.78 is 5.49. The molecule has 0 fully saturated rings. The molecule has 146 valence electrons. The Morgan fingerprint density at radius 2 is 1.18 bits per heavy atom. The van der Waals surface area contributed by atoms with E-state index >= 15 is 0 Å². The van der Waals surface area contributed by atoms with Crippen molar-refractivity contribution in [3.8, 4) is 0 Å². The van der Waals surface area contributed by atoms with Crippen molar-refractivity contribution in [2.24, 2.45) is 5.73 Å². The zero-order valence-corrected chi connectivity index (χ0v) is 18.4. The van der Waals surface area contributed by atoms with Crippen molar-refractivity contribution in [1.82, 2.24) is 0 Å². The van der Waals surface area contributed by atoms with Gasteiger partial charge in [0.2, 0.25) is 0 Å². The van der Waals surface area contributed by atoms with Crippen molar-refractivity contribution in [3.63, 3.8) is 0 Å². The maximum absolute atomic E-state index is 11.9. The van der Waals surface area contributed by atoms with Gasteiger partial charge in [-0.15, -0.1) is 0 Å². The molecule has 0 amide bonds. The first-order valence-corrected chi connectivity index (χ1v) is 11.1. The van der Waals surface area contributed by atoms with Crippen LogP contribution in [0.2, 0.25) is 0 Å². The molecule has 0 heterocycles. The van der Waals surface area contributed by atoms with E-state index in [0.717, 1.165) is 6.16 Å². The second-order valence-electron chi connectivity index (χ2n) is 6.50. The molecule has 28 heavy (non-hydrogen) atoms. The van der Waals surface area contributed by atoms with Gasteiger partial charge in [0.15, 0.2) is 0 Å². The largest absolute Gasteiger partial charge is 1.00 e. The minimum atomic E-state index is -1.96. The summed E-state index contributed by atoms with van der Waals surface area (Å²) in [6.45, 7) is 1.99. The molecule has 0 aliphatic rings. The van der Waals surface area contributed by atoms with Gasteiger partial charge >= 0.3 is 5.97 Å². The molecule has 0 aliphatic carbocycles. The number of carbonyl (C=O) groups is 1. The molecule has 0 radical (unpaired) electrons. The number of rotatable bonds is 7. The second-order valence-corrected chi connectivity index (χ2v) is 10.1. The minimum absolute atomic E-state index is 0. The fourth-order valence-electron chi connectivity index (χ4n) is 3.30. The number of carbonyl (C=O) groups excluding carboxylic acids is 1. The molecule has 3 aromatic rings. The van der Waals surface area contributed by atoms with Crippen LogP contribution in [0.15, 0.2) is 91.0 Å². The van der Waals surface area contributed by atoms with Crippen LogP contribution in [0, 0.1) is 0 Å². The highest BCUT2D eigenvalue weighted by atomic mass is 79.9. The first kappa shape index (κ1) is 22.3. The van der Waals surface area contributed by atoms with Crippen LogP contribution in [0.1, 0.15) is 6.92 Å². The summed E-state index contributed by atoms with van der Waals surface area (Å²) in [6, 6.07) is 31.0. The van der Waals surface area contributed by atoms with E-state index in [0.29, 0.717) is 6.61 Å². The third kappa shape index (κ3) is 4.88. The first-order valence-electron chi connectivity index (χ1n) is 9.12. The van der Waals surface area contributed by atoms with Crippen LogP contribution in [0.4, 0.5) is 0 Å². The number of nitrogens with two attached hydrogens (primary N) is 1. The van der Waals surface area contributed by atoms with Gasteiger partial charge in [0.25, 0.3) is 0 Å². The molecule has 5 heteroatoms. The lowest BCUT2D eigenvalue weighted by atomic mass is 10.4. The SMILES string of the molecule is C[C@H](N)C(=O)OCC[P+](c1ccccc1)(c1ccccc1)c1ccccc1.[Br-]. The molecule has 0 aromatic heterocycles. The zero-order chi connectivity index (χ0) is 19.1. The van der Waals surface area contributed by atoms with Gasteiger partial charge in [0.05, 0.1) is 0 Å². The lowest BCUT2D eigenvalue weighted by Crippen LogP contribution is -3.00. The van der Waals surface area contributed by atoms with Gasteiger partial charge < -0.3 is 27.5 Å². The van der Waals surface area contributed by atoms with Crippen LogP contribution < -0.4 is 38.6 Å². The highest BCUT2D eigenvalue weighted by molar-refractivity contribution is 7.95. The minimum Gasteiger partial charge on any atom is -1.00 e. The standard InChI is InChI=1S/C23H25NO2P.BrH/c1-19(24)23(25)26-17-18-27(20-11-5-2-6-12-20,21-13-7-3-8-14-21)22-15-9-4-10-16-22;/h2-16,19H,17-18,24H2,1H3;1H/q+1;/p-1/t19-;/m0./s1. The number of hydrogen-bond donors (Lipinski definition) is 1. The predicted molar refractivity (Wildman–Crippen MR) is 115 cm³/mol. The van der Waals surface area contributed by atoms with Crippen LogP contribution in [-0.4, -0.2) is 24.8 Å². The van der Waals surface area contributed by atoms with E-state index in [-0.39, 0.29) is 23.0 Å². The predicted octanol–water partition coefficient (Wildman–Crippen LogP) is -0.125. The van der Waals surface area contributed by atoms with Gasteiger partial charge in [0.1, 0.15) is 42.0 Å². The summed E-state index contributed by atoms with van der Waals surface area (Å²) in [5.74, 6) is -0.359. The summed E-state index contributed by atoms with van der Waals surface area (Å²) in [6.07, 6.45) is 0.740. The molecular weight excluding hydrogens is 433 g/mol. The van der Waals surface area contributed by atoms with E-state index in [9.17, 15) is 4.79 Å². The number of benzene rings is 3. The van der Waals surface area contributed by atoms with Gasteiger partial charge in [-0.2, -0.15) is 0 Å². The summed E-state index contributed by atoms with van der Waals surface area (Å²) in [4.78, 5) is 11.9. The van der Waals surface area contributed by atoms with Crippen LogP contribution in [-0.2, 0) is 9.53 Å². The number of ether oxygens (including phenoxy) is 1. The van der Waals surface area contributed by atoms with Crippen molar-refractivity contribution >= 4 is 29.1 Å². The smallest absolute Gasteiger partial charge is 0.322 e. The Balaban J connectivity index is 0.00000280. The Kier molecular flexibility index (Phi) is 8.37. The molecule has 0 unspecified atom stereocenters. The van der Waals surface area contributed by atoms with Gasteiger partial charge in [0, 0.05) is 0 Å². The molecule has 3 aromatic carbocycles. The van der Waals surface area contributed by atoms with Crippen LogP contribution in [0.5, 0.6) is 0 Å². The molecule has 0 bridgehead atoms. The maximum atomic E-state index is 11.9. The van der Waals surface area contributed by atoms with Gasteiger partial charge in [-0.05, 0) is 43.3 Å². The molecule has 3 rings (SSSR count). The highest BCUT2D eigenvalue weighted by Crippen LogP contribution is 2.54. The first-order chi connectivity index (χ1) is 13.1.